The maximum absolute atomic E-state index is 13.3. The lowest BCUT2D eigenvalue weighted by Crippen LogP contribution is -1.87. The van der Waals surface area contributed by atoms with Gasteiger partial charge in [-0.25, -0.2) is 4.39 Å². The molecule has 1 heterocycles. The third kappa shape index (κ3) is 1.93. The van der Waals surface area contributed by atoms with Crippen molar-refractivity contribution in [2.75, 3.05) is 0 Å². The van der Waals surface area contributed by atoms with Crippen molar-refractivity contribution in [1.82, 2.24) is 20.6 Å². The maximum atomic E-state index is 13.3. The van der Waals surface area contributed by atoms with E-state index in [0.717, 1.165) is 0 Å². The van der Waals surface area contributed by atoms with Crippen molar-refractivity contribution in [2.45, 2.75) is 0 Å². The molecule has 0 saturated heterocycles. The fourth-order valence-electron chi connectivity index (χ4n) is 1.17. The summed E-state index contributed by atoms with van der Waals surface area (Å²) in [7, 11) is 0. The Hall–Kier alpha value is -2.55. The van der Waals surface area contributed by atoms with Gasteiger partial charge in [-0.15, -0.1) is 10.2 Å². The summed E-state index contributed by atoms with van der Waals surface area (Å²) in [4.78, 5) is 0. The first kappa shape index (κ1) is 9.98. The Morgan fingerprint density at radius 2 is 2.25 bits per heavy atom. The molecule has 1 aromatic heterocycles. The summed E-state index contributed by atoms with van der Waals surface area (Å²) in [6.45, 7) is 0. The van der Waals surface area contributed by atoms with Crippen molar-refractivity contribution in [3.05, 3.63) is 41.5 Å². The van der Waals surface area contributed by atoms with Gasteiger partial charge < -0.3 is 0 Å². The molecule has 0 spiro atoms. The van der Waals surface area contributed by atoms with Crippen LogP contribution >= 0.6 is 0 Å². The number of nitrogens with one attached hydrogen (secondary N) is 1. The molecule has 2 rings (SSSR count). The minimum Gasteiger partial charge on any atom is -0.206 e. The molecule has 2 aromatic rings. The smallest absolute Gasteiger partial charge is 0.206 e. The van der Waals surface area contributed by atoms with E-state index in [0.29, 0.717) is 5.56 Å². The highest BCUT2D eigenvalue weighted by Gasteiger charge is 2.07. The summed E-state index contributed by atoms with van der Waals surface area (Å²) in [5.41, 5.74) is 0.461. The molecule has 0 bridgehead atoms. The summed E-state index contributed by atoms with van der Waals surface area (Å²) in [6.07, 6.45) is 1.38. The van der Waals surface area contributed by atoms with E-state index in [-0.39, 0.29) is 11.4 Å². The summed E-state index contributed by atoms with van der Waals surface area (Å²) >= 11 is 0. The quantitative estimate of drug-likeness (QED) is 0.768. The molecular weight excluding hydrogens is 209 g/mol. The highest BCUT2D eigenvalue weighted by atomic mass is 19.1. The van der Waals surface area contributed by atoms with Crippen LogP contribution in [0.25, 0.3) is 11.6 Å². The average molecular weight is 215 g/mol. The highest BCUT2D eigenvalue weighted by Crippen LogP contribution is 2.15. The van der Waals surface area contributed by atoms with Crippen LogP contribution in [0.15, 0.2) is 24.3 Å². The molecule has 0 amide bonds. The molecule has 6 heteroatoms. The third-order valence-corrected chi connectivity index (χ3v) is 1.91. The van der Waals surface area contributed by atoms with Crippen molar-refractivity contribution >= 4 is 11.6 Å². The maximum Gasteiger partial charge on any atom is 0.215 e. The predicted octanol–water partition coefficient (Wildman–Crippen LogP) is 1.40. The third-order valence-electron chi connectivity index (χ3n) is 1.91. The lowest BCUT2D eigenvalue weighted by Gasteiger charge is -1.95. The van der Waals surface area contributed by atoms with Gasteiger partial charge in [0.15, 0.2) is 0 Å². The normalized spacial score (nSPS) is 11.1. The number of allylic oxidation sites excluding steroid dienone is 1. The van der Waals surface area contributed by atoms with Gasteiger partial charge in [-0.2, -0.15) is 10.5 Å². The fraction of sp³-hybridized carbons (Fsp3) is 0. The number of hydrogen-bond acceptors (Lipinski definition) is 4. The number of benzene rings is 1. The molecule has 0 aliphatic carbocycles. The molecule has 0 fully saturated rings. The van der Waals surface area contributed by atoms with E-state index in [4.69, 9.17) is 5.26 Å². The van der Waals surface area contributed by atoms with Crippen LogP contribution in [0.3, 0.4) is 0 Å². The molecule has 0 unspecified atom stereocenters. The second kappa shape index (κ2) is 4.31. The van der Waals surface area contributed by atoms with Crippen molar-refractivity contribution < 1.29 is 4.39 Å². The van der Waals surface area contributed by atoms with E-state index in [9.17, 15) is 4.39 Å². The largest absolute Gasteiger partial charge is 0.215 e. The van der Waals surface area contributed by atoms with Gasteiger partial charge in [0.05, 0.1) is 0 Å². The number of aromatic nitrogens is 4. The average Bonchev–Trinajstić information content (AvgIpc) is 2.81. The Kier molecular flexibility index (Phi) is 2.69. The van der Waals surface area contributed by atoms with Crippen LogP contribution in [0, 0.1) is 17.1 Å². The number of aromatic amines is 1. The molecule has 1 N–H and O–H groups in total. The van der Waals surface area contributed by atoms with Crippen LogP contribution in [-0.4, -0.2) is 20.6 Å². The number of halogens is 1. The molecule has 0 radical (unpaired) electrons. The van der Waals surface area contributed by atoms with Gasteiger partial charge in [0.2, 0.25) is 5.82 Å². The van der Waals surface area contributed by atoms with Crippen molar-refractivity contribution in [3.8, 4) is 6.07 Å². The van der Waals surface area contributed by atoms with Gasteiger partial charge in [0.1, 0.15) is 17.5 Å². The minimum atomic E-state index is -0.404. The predicted molar refractivity (Wildman–Crippen MR) is 54.1 cm³/mol. The second-order valence-corrected chi connectivity index (χ2v) is 2.93. The van der Waals surface area contributed by atoms with Crippen LogP contribution in [0.5, 0.6) is 0 Å². The molecule has 0 aliphatic rings. The van der Waals surface area contributed by atoms with E-state index in [1.807, 2.05) is 6.07 Å². The zero-order valence-electron chi connectivity index (χ0n) is 8.05. The lowest BCUT2D eigenvalue weighted by atomic mass is 10.1. The van der Waals surface area contributed by atoms with Crippen LogP contribution in [0.4, 0.5) is 4.39 Å². The standard InChI is InChI=1S/C10H6FN5/c11-9-4-2-1-3-7(9)5-8(6-12)10-13-15-16-14-10/h1-5H,(H,13,14,15,16). The van der Waals surface area contributed by atoms with E-state index >= 15 is 0 Å². The first-order valence-electron chi connectivity index (χ1n) is 4.41. The number of nitrogens with zero attached hydrogens (tertiary/aromatic N) is 4. The van der Waals surface area contributed by atoms with Crippen LogP contribution < -0.4 is 0 Å². The molecule has 16 heavy (non-hydrogen) atoms. The number of tetrazole rings is 1. The van der Waals surface area contributed by atoms with E-state index in [2.05, 4.69) is 20.6 Å². The van der Waals surface area contributed by atoms with Crippen molar-refractivity contribution in [2.24, 2.45) is 0 Å². The first-order valence-corrected chi connectivity index (χ1v) is 4.41. The Balaban J connectivity index is 2.44. The topological polar surface area (TPSA) is 78.2 Å². The van der Waals surface area contributed by atoms with Gasteiger partial charge in [-0.05, 0) is 17.4 Å². The van der Waals surface area contributed by atoms with Crippen LogP contribution in [0.2, 0.25) is 0 Å². The van der Waals surface area contributed by atoms with Gasteiger partial charge in [0.25, 0.3) is 0 Å². The molecule has 78 valence electrons. The summed E-state index contributed by atoms with van der Waals surface area (Å²) in [5.74, 6) is -0.260. The monoisotopic (exact) mass is 215 g/mol. The molecule has 0 atom stereocenters. The van der Waals surface area contributed by atoms with Gasteiger partial charge >= 0.3 is 0 Å². The minimum absolute atomic E-state index is 0.144. The summed E-state index contributed by atoms with van der Waals surface area (Å²) in [6, 6.07) is 8.03. The van der Waals surface area contributed by atoms with Crippen LogP contribution in [-0.2, 0) is 0 Å². The molecule has 1 aromatic carbocycles. The number of hydrogen-bond donors (Lipinski definition) is 1. The SMILES string of the molecule is N#CC(=Cc1ccccc1F)c1nn[nH]n1. The Bertz CT molecular complexity index is 553. The molecule has 0 aliphatic heterocycles. The van der Waals surface area contributed by atoms with E-state index in [1.54, 1.807) is 18.2 Å². The van der Waals surface area contributed by atoms with Crippen molar-refractivity contribution in [3.63, 3.8) is 0 Å². The zero-order valence-corrected chi connectivity index (χ0v) is 8.05. The van der Waals surface area contributed by atoms with Gasteiger partial charge in [-0.1, -0.05) is 18.2 Å². The van der Waals surface area contributed by atoms with E-state index in [1.165, 1.54) is 12.1 Å². The summed E-state index contributed by atoms with van der Waals surface area (Å²) in [5, 5.41) is 21.8. The number of nitriles is 1. The second-order valence-electron chi connectivity index (χ2n) is 2.93. The number of H-pyrrole nitrogens is 1. The number of rotatable bonds is 2. The van der Waals surface area contributed by atoms with E-state index < -0.39 is 5.82 Å². The zero-order chi connectivity index (χ0) is 11.4. The summed E-state index contributed by atoms with van der Waals surface area (Å²) < 4.78 is 13.3. The Labute approximate surface area is 90.2 Å². The first-order chi connectivity index (χ1) is 7.81. The van der Waals surface area contributed by atoms with Crippen LogP contribution in [0.1, 0.15) is 11.4 Å². The fourth-order valence-corrected chi connectivity index (χ4v) is 1.17. The van der Waals surface area contributed by atoms with Gasteiger partial charge in [0, 0.05) is 5.56 Å². The molecular formula is C10H6FN5. The Morgan fingerprint density at radius 1 is 1.44 bits per heavy atom. The molecule has 5 nitrogen and oxygen atoms in total. The van der Waals surface area contributed by atoms with Gasteiger partial charge in [-0.3, -0.25) is 0 Å². The van der Waals surface area contributed by atoms with Crippen molar-refractivity contribution in [1.29, 1.82) is 5.26 Å². The Morgan fingerprint density at radius 3 is 2.88 bits per heavy atom. The highest BCUT2D eigenvalue weighted by molar-refractivity contribution is 5.86. The lowest BCUT2D eigenvalue weighted by molar-refractivity contribution is 0.625. The molecule has 0 saturated carbocycles.